The fraction of sp³-hybridized carbons (Fsp3) is 0.0455. The Kier molecular flexibility index (Phi) is 7.43. The van der Waals surface area contributed by atoms with Crippen molar-refractivity contribution >= 4 is 41.3 Å². The molecule has 8 heteroatoms. The van der Waals surface area contributed by atoms with Crippen LogP contribution in [-0.4, -0.2) is 24.7 Å². The number of hydrogen-bond donors (Lipinski definition) is 1. The number of halogens is 2. The number of carbonyl (C=O) groups excluding carboxylic acids is 2. The molecule has 0 aliphatic rings. The van der Waals surface area contributed by atoms with Crippen molar-refractivity contribution in [2.45, 2.75) is 0 Å². The van der Waals surface area contributed by atoms with Crippen LogP contribution in [0.25, 0.3) is 0 Å². The highest BCUT2D eigenvalue weighted by molar-refractivity contribution is 6.31. The Labute approximate surface area is 183 Å². The molecule has 3 rings (SSSR count). The molecule has 0 aromatic heterocycles. The van der Waals surface area contributed by atoms with Crippen LogP contribution in [0.1, 0.15) is 15.9 Å². The van der Waals surface area contributed by atoms with Crippen LogP contribution in [0.4, 0.5) is 0 Å². The van der Waals surface area contributed by atoms with Crippen molar-refractivity contribution < 1.29 is 19.1 Å². The maximum atomic E-state index is 12.1. The maximum absolute atomic E-state index is 12.1. The number of nitrogens with zero attached hydrogens (tertiary/aromatic N) is 1. The van der Waals surface area contributed by atoms with Gasteiger partial charge in [-0.2, -0.15) is 5.10 Å². The number of carbonyl (C=O) groups is 2. The third-order valence-electron chi connectivity index (χ3n) is 3.74. The predicted octanol–water partition coefficient (Wildman–Crippen LogP) is 4.74. The maximum Gasteiger partial charge on any atom is 0.343 e. The number of ether oxygens (including phenoxy) is 2. The highest BCUT2D eigenvalue weighted by atomic mass is 35.5. The quantitative estimate of drug-likeness (QED) is 0.248. The van der Waals surface area contributed by atoms with Crippen molar-refractivity contribution in [1.29, 1.82) is 0 Å². The van der Waals surface area contributed by atoms with E-state index >= 15 is 0 Å². The molecule has 0 aliphatic heterocycles. The first-order valence-corrected chi connectivity index (χ1v) is 9.53. The van der Waals surface area contributed by atoms with E-state index in [4.69, 9.17) is 32.7 Å². The Bertz CT molecular complexity index is 1050. The van der Waals surface area contributed by atoms with Crippen LogP contribution >= 0.6 is 23.2 Å². The summed E-state index contributed by atoms with van der Waals surface area (Å²) in [4.78, 5) is 23.9. The molecule has 0 radical (unpaired) electrons. The predicted molar refractivity (Wildman–Crippen MR) is 116 cm³/mol. The van der Waals surface area contributed by atoms with Crippen molar-refractivity contribution in [1.82, 2.24) is 5.43 Å². The first kappa shape index (κ1) is 21.4. The van der Waals surface area contributed by atoms with Gasteiger partial charge in [0.25, 0.3) is 5.91 Å². The van der Waals surface area contributed by atoms with E-state index in [9.17, 15) is 9.59 Å². The third kappa shape index (κ3) is 6.62. The minimum atomic E-state index is -0.508. The van der Waals surface area contributed by atoms with E-state index in [0.717, 1.165) is 0 Å². The van der Waals surface area contributed by atoms with Gasteiger partial charge in [-0.3, -0.25) is 4.79 Å². The van der Waals surface area contributed by atoms with E-state index < -0.39 is 11.9 Å². The fourth-order valence-electron chi connectivity index (χ4n) is 2.29. The highest BCUT2D eigenvalue weighted by Crippen LogP contribution is 2.16. The number of benzene rings is 3. The van der Waals surface area contributed by atoms with Gasteiger partial charge in [-0.1, -0.05) is 29.3 Å². The zero-order valence-electron chi connectivity index (χ0n) is 15.5. The van der Waals surface area contributed by atoms with Crippen LogP contribution in [0.2, 0.25) is 10.0 Å². The first-order chi connectivity index (χ1) is 14.5. The summed E-state index contributed by atoms with van der Waals surface area (Å²) in [5.74, 6) is -0.0147. The SMILES string of the molecule is O=C(COc1ccc(Cl)cc1)NN=Cc1ccc(OC(=O)c2cccc(Cl)c2)cc1. The zero-order valence-corrected chi connectivity index (χ0v) is 17.1. The van der Waals surface area contributed by atoms with Gasteiger partial charge in [0.2, 0.25) is 0 Å². The molecule has 0 aliphatic carbocycles. The summed E-state index contributed by atoms with van der Waals surface area (Å²) in [6, 6.07) is 19.8. The van der Waals surface area contributed by atoms with Crippen molar-refractivity contribution in [3.05, 3.63) is 94.0 Å². The van der Waals surface area contributed by atoms with Gasteiger partial charge < -0.3 is 9.47 Å². The van der Waals surface area contributed by atoms with Crippen LogP contribution in [0.15, 0.2) is 77.9 Å². The van der Waals surface area contributed by atoms with Crippen LogP contribution in [0.3, 0.4) is 0 Å². The van der Waals surface area contributed by atoms with Gasteiger partial charge in [-0.15, -0.1) is 0 Å². The standard InChI is InChI=1S/C22H16Cl2N2O4/c23-17-6-10-19(11-7-17)29-14-21(27)26-25-13-15-4-8-20(9-5-15)30-22(28)16-2-1-3-18(24)12-16/h1-13H,14H2,(H,26,27). The van der Waals surface area contributed by atoms with Crippen molar-refractivity contribution in [2.75, 3.05) is 6.61 Å². The van der Waals surface area contributed by atoms with Crippen molar-refractivity contribution in [3.8, 4) is 11.5 Å². The molecule has 0 saturated carbocycles. The van der Waals surface area contributed by atoms with Crippen LogP contribution in [0, 0.1) is 0 Å². The normalized spacial score (nSPS) is 10.6. The van der Waals surface area contributed by atoms with E-state index in [0.29, 0.717) is 32.7 Å². The van der Waals surface area contributed by atoms with E-state index in [-0.39, 0.29) is 6.61 Å². The second kappa shape index (κ2) is 10.4. The number of hydrogen-bond acceptors (Lipinski definition) is 5. The zero-order chi connectivity index (χ0) is 21.3. The lowest BCUT2D eigenvalue weighted by molar-refractivity contribution is -0.123. The monoisotopic (exact) mass is 442 g/mol. The molecule has 6 nitrogen and oxygen atoms in total. The summed E-state index contributed by atoms with van der Waals surface area (Å²) in [7, 11) is 0. The number of nitrogens with one attached hydrogen (secondary N) is 1. The Morgan fingerprint density at radius 2 is 1.60 bits per heavy atom. The van der Waals surface area contributed by atoms with Crippen LogP contribution < -0.4 is 14.9 Å². The molecular formula is C22H16Cl2N2O4. The number of rotatable bonds is 7. The highest BCUT2D eigenvalue weighted by Gasteiger charge is 2.08. The molecule has 0 unspecified atom stereocenters. The van der Waals surface area contributed by atoms with Gasteiger partial charge in [0, 0.05) is 10.0 Å². The molecule has 0 saturated heterocycles. The second-order valence-corrected chi connectivity index (χ2v) is 6.88. The summed E-state index contributed by atoms with van der Waals surface area (Å²) < 4.78 is 10.6. The number of hydrazone groups is 1. The topological polar surface area (TPSA) is 77.0 Å². The minimum Gasteiger partial charge on any atom is -0.484 e. The van der Waals surface area contributed by atoms with Gasteiger partial charge in [0.15, 0.2) is 6.61 Å². The molecule has 152 valence electrons. The summed E-state index contributed by atoms with van der Waals surface area (Å²) in [6.45, 7) is -0.183. The van der Waals surface area contributed by atoms with Crippen molar-refractivity contribution in [3.63, 3.8) is 0 Å². The summed E-state index contributed by atoms with van der Waals surface area (Å²) in [6.07, 6.45) is 1.46. The summed E-state index contributed by atoms with van der Waals surface area (Å²) in [5.41, 5.74) is 3.43. The van der Waals surface area contributed by atoms with Gasteiger partial charge in [0.05, 0.1) is 11.8 Å². The molecule has 0 bridgehead atoms. The summed E-state index contributed by atoms with van der Waals surface area (Å²) >= 11 is 11.7. The molecule has 30 heavy (non-hydrogen) atoms. The number of esters is 1. The molecule has 3 aromatic carbocycles. The number of amides is 1. The Balaban J connectivity index is 1.46. The van der Waals surface area contributed by atoms with Gasteiger partial charge in [-0.25, -0.2) is 10.2 Å². The molecule has 0 atom stereocenters. The molecule has 1 amide bonds. The molecule has 0 fully saturated rings. The van der Waals surface area contributed by atoms with Gasteiger partial charge in [0.1, 0.15) is 11.5 Å². The second-order valence-electron chi connectivity index (χ2n) is 6.00. The Morgan fingerprint density at radius 3 is 2.30 bits per heavy atom. The average Bonchev–Trinajstić information content (AvgIpc) is 2.74. The summed E-state index contributed by atoms with van der Waals surface area (Å²) in [5, 5.41) is 4.91. The third-order valence-corrected chi connectivity index (χ3v) is 4.22. The lowest BCUT2D eigenvalue weighted by Gasteiger charge is -2.05. The van der Waals surface area contributed by atoms with Crippen LogP contribution in [-0.2, 0) is 4.79 Å². The molecule has 3 aromatic rings. The first-order valence-electron chi connectivity index (χ1n) is 8.78. The van der Waals surface area contributed by atoms with Gasteiger partial charge >= 0.3 is 5.97 Å². The van der Waals surface area contributed by atoms with Crippen molar-refractivity contribution in [2.24, 2.45) is 5.10 Å². The molecule has 0 spiro atoms. The average molecular weight is 443 g/mol. The fourth-order valence-corrected chi connectivity index (χ4v) is 2.61. The largest absolute Gasteiger partial charge is 0.484 e. The van der Waals surface area contributed by atoms with Gasteiger partial charge in [-0.05, 0) is 72.3 Å². The van der Waals surface area contributed by atoms with E-state index in [1.54, 1.807) is 66.7 Å². The lowest BCUT2D eigenvalue weighted by atomic mass is 10.2. The lowest BCUT2D eigenvalue weighted by Crippen LogP contribution is -2.24. The molecular weight excluding hydrogens is 427 g/mol. The molecule has 1 N–H and O–H groups in total. The van der Waals surface area contributed by atoms with E-state index in [1.165, 1.54) is 12.3 Å². The smallest absolute Gasteiger partial charge is 0.343 e. The van der Waals surface area contributed by atoms with E-state index in [2.05, 4.69) is 10.5 Å². The van der Waals surface area contributed by atoms with E-state index in [1.807, 2.05) is 0 Å². The minimum absolute atomic E-state index is 0.183. The van der Waals surface area contributed by atoms with Crippen LogP contribution in [0.5, 0.6) is 11.5 Å². The Hall–Kier alpha value is -3.35. The Morgan fingerprint density at radius 1 is 0.900 bits per heavy atom. The molecule has 0 heterocycles.